The Morgan fingerprint density at radius 3 is 2.76 bits per heavy atom. The lowest BCUT2D eigenvalue weighted by atomic mass is 9.87. The molecule has 2 heterocycles. The minimum absolute atomic E-state index is 0.0537. The quantitative estimate of drug-likeness (QED) is 0.497. The third-order valence-corrected chi connectivity index (χ3v) is 5.80. The Morgan fingerprint density at radius 2 is 1.97 bits per heavy atom. The van der Waals surface area contributed by atoms with E-state index in [1.807, 2.05) is 6.92 Å². The van der Waals surface area contributed by atoms with Crippen LogP contribution in [0.3, 0.4) is 0 Å². The van der Waals surface area contributed by atoms with Crippen molar-refractivity contribution in [3.8, 4) is 17.2 Å². The van der Waals surface area contributed by atoms with Crippen LogP contribution in [-0.2, 0) is 6.42 Å². The van der Waals surface area contributed by atoms with Gasteiger partial charge in [-0.3, -0.25) is 4.79 Å². The molecule has 2 aliphatic rings. The Morgan fingerprint density at radius 1 is 1.18 bits per heavy atom. The van der Waals surface area contributed by atoms with E-state index >= 15 is 0 Å². The maximum atomic E-state index is 13.6. The number of benzene rings is 2. The lowest BCUT2D eigenvalue weighted by molar-refractivity contribution is -0.286. The summed E-state index contributed by atoms with van der Waals surface area (Å²) in [5.41, 5.74) is 2.08. The second kappa shape index (κ2) is 7.79. The molecule has 1 aliphatic heterocycles. The molecule has 172 valence electrons. The summed E-state index contributed by atoms with van der Waals surface area (Å²) in [4.78, 5) is 12.8. The van der Waals surface area contributed by atoms with E-state index in [0.29, 0.717) is 17.7 Å². The molecule has 1 N–H and O–H groups in total. The SMILES string of the molecule is CC1CCCc2c(C(F)F)nn(-c3cccc(C(=O)Nc4ccc5c(c4)OC(F)(F)O5)c3)c21. The molecule has 1 atom stereocenters. The Bertz CT molecular complexity index is 1240. The predicted octanol–water partition coefficient (Wildman–Crippen LogP) is 5.82. The monoisotopic (exact) mass is 461 g/mol. The number of amides is 1. The van der Waals surface area contributed by atoms with Crippen LogP contribution in [-0.4, -0.2) is 22.0 Å². The summed E-state index contributed by atoms with van der Waals surface area (Å²) in [6, 6.07) is 10.4. The number of ether oxygens (including phenoxy) is 2. The van der Waals surface area contributed by atoms with E-state index in [4.69, 9.17) is 0 Å². The van der Waals surface area contributed by atoms with Crippen LogP contribution in [0, 0.1) is 0 Å². The van der Waals surface area contributed by atoms with Crippen molar-refractivity contribution in [2.24, 2.45) is 0 Å². The first kappa shape index (κ1) is 21.3. The first-order valence-electron chi connectivity index (χ1n) is 10.4. The van der Waals surface area contributed by atoms with Gasteiger partial charge in [0.2, 0.25) is 0 Å². The average Bonchev–Trinajstić information content (AvgIpc) is 3.31. The molecule has 1 aliphatic carbocycles. The van der Waals surface area contributed by atoms with Crippen molar-refractivity contribution >= 4 is 11.6 Å². The summed E-state index contributed by atoms with van der Waals surface area (Å²) in [5.74, 6) is -0.778. The summed E-state index contributed by atoms with van der Waals surface area (Å²) < 4.78 is 63.9. The Labute approximate surface area is 186 Å². The molecular formula is C23H19F4N3O3. The number of carbonyl (C=O) groups excluding carboxylic acids is 1. The third kappa shape index (κ3) is 3.90. The van der Waals surface area contributed by atoms with Gasteiger partial charge < -0.3 is 14.8 Å². The molecule has 0 fully saturated rings. The number of hydrogen-bond acceptors (Lipinski definition) is 4. The maximum Gasteiger partial charge on any atom is 0.586 e. The lowest BCUT2D eigenvalue weighted by Gasteiger charge is -2.21. The highest BCUT2D eigenvalue weighted by atomic mass is 19.3. The van der Waals surface area contributed by atoms with E-state index in [2.05, 4.69) is 19.9 Å². The molecule has 1 unspecified atom stereocenters. The van der Waals surface area contributed by atoms with Crippen molar-refractivity contribution in [3.63, 3.8) is 0 Å². The van der Waals surface area contributed by atoms with Gasteiger partial charge in [-0.2, -0.15) is 5.10 Å². The third-order valence-electron chi connectivity index (χ3n) is 5.80. The number of rotatable bonds is 4. The van der Waals surface area contributed by atoms with Crippen molar-refractivity contribution in [3.05, 3.63) is 65.0 Å². The molecule has 2 aromatic carbocycles. The van der Waals surface area contributed by atoms with Gasteiger partial charge in [-0.15, -0.1) is 8.78 Å². The van der Waals surface area contributed by atoms with Gasteiger partial charge in [-0.25, -0.2) is 13.5 Å². The normalized spacial score (nSPS) is 18.3. The summed E-state index contributed by atoms with van der Waals surface area (Å²) in [6.45, 7) is 1.98. The number of nitrogens with zero attached hydrogens (tertiary/aromatic N) is 2. The number of aromatic nitrogens is 2. The number of alkyl halides is 4. The second-order valence-electron chi connectivity index (χ2n) is 8.09. The minimum atomic E-state index is -3.75. The number of carbonyl (C=O) groups is 1. The van der Waals surface area contributed by atoms with Crippen LogP contribution in [0.2, 0.25) is 0 Å². The van der Waals surface area contributed by atoms with Crippen LogP contribution in [0.15, 0.2) is 42.5 Å². The summed E-state index contributed by atoms with van der Waals surface area (Å²) in [6.07, 6.45) is -4.21. The molecule has 6 nitrogen and oxygen atoms in total. The number of hydrogen-bond donors (Lipinski definition) is 1. The van der Waals surface area contributed by atoms with Gasteiger partial charge in [0.25, 0.3) is 12.3 Å². The van der Waals surface area contributed by atoms with Gasteiger partial charge >= 0.3 is 6.29 Å². The summed E-state index contributed by atoms with van der Waals surface area (Å²) in [5, 5.41) is 6.80. The van der Waals surface area contributed by atoms with Crippen LogP contribution in [0.4, 0.5) is 23.2 Å². The van der Waals surface area contributed by atoms with Gasteiger partial charge in [-0.05, 0) is 55.5 Å². The zero-order valence-corrected chi connectivity index (χ0v) is 17.4. The molecule has 0 bridgehead atoms. The highest BCUT2D eigenvalue weighted by Crippen LogP contribution is 2.42. The number of halogens is 4. The molecule has 3 aromatic rings. The number of anilines is 1. The summed E-state index contributed by atoms with van der Waals surface area (Å²) >= 11 is 0. The van der Waals surface area contributed by atoms with E-state index in [9.17, 15) is 22.4 Å². The molecule has 10 heteroatoms. The van der Waals surface area contributed by atoms with E-state index in [1.54, 1.807) is 24.3 Å². The largest absolute Gasteiger partial charge is 0.586 e. The Hall–Kier alpha value is -3.56. The highest BCUT2D eigenvalue weighted by molar-refractivity contribution is 6.04. The standard InChI is InChI=1S/C23H19F4N3O3/c1-12-4-2-7-16-19(21(24)25)29-30(20(12)16)15-6-3-5-13(10-15)22(31)28-14-8-9-17-18(11-14)33-23(26,27)32-17/h3,5-6,8-12,21H,2,4,7H2,1H3,(H,28,31). The van der Waals surface area contributed by atoms with Crippen molar-refractivity contribution in [2.75, 3.05) is 5.32 Å². The zero-order chi connectivity index (χ0) is 23.3. The topological polar surface area (TPSA) is 65.4 Å². The van der Waals surface area contributed by atoms with E-state index < -0.39 is 18.6 Å². The van der Waals surface area contributed by atoms with Crippen LogP contribution in [0.5, 0.6) is 11.5 Å². The second-order valence-corrected chi connectivity index (χ2v) is 8.09. The van der Waals surface area contributed by atoms with Gasteiger partial charge in [0.15, 0.2) is 11.5 Å². The van der Waals surface area contributed by atoms with Gasteiger partial charge in [0.1, 0.15) is 5.69 Å². The van der Waals surface area contributed by atoms with Crippen LogP contribution in [0.1, 0.15) is 59.4 Å². The fraction of sp³-hybridized carbons (Fsp3) is 0.304. The predicted molar refractivity (Wildman–Crippen MR) is 110 cm³/mol. The van der Waals surface area contributed by atoms with Crippen LogP contribution < -0.4 is 14.8 Å². The smallest absolute Gasteiger partial charge is 0.395 e. The van der Waals surface area contributed by atoms with Crippen molar-refractivity contribution in [1.29, 1.82) is 0 Å². The molecule has 0 saturated carbocycles. The van der Waals surface area contributed by atoms with E-state index in [0.717, 1.165) is 18.5 Å². The summed E-state index contributed by atoms with van der Waals surface area (Å²) in [7, 11) is 0. The molecule has 0 saturated heterocycles. The molecule has 5 rings (SSSR count). The van der Waals surface area contributed by atoms with Gasteiger partial charge in [0, 0.05) is 22.9 Å². The average molecular weight is 461 g/mol. The molecule has 0 spiro atoms. The Balaban J connectivity index is 1.44. The van der Waals surface area contributed by atoms with E-state index in [-0.39, 0.29) is 34.4 Å². The molecule has 33 heavy (non-hydrogen) atoms. The molecule has 1 aromatic heterocycles. The molecular weight excluding hydrogens is 442 g/mol. The van der Waals surface area contributed by atoms with E-state index in [1.165, 1.54) is 22.9 Å². The fourth-order valence-corrected chi connectivity index (χ4v) is 4.35. The van der Waals surface area contributed by atoms with Crippen LogP contribution >= 0.6 is 0 Å². The molecule has 0 radical (unpaired) electrons. The van der Waals surface area contributed by atoms with Crippen molar-refractivity contribution in [2.45, 2.75) is 44.8 Å². The van der Waals surface area contributed by atoms with Gasteiger partial charge in [-0.1, -0.05) is 13.0 Å². The minimum Gasteiger partial charge on any atom is -0.395 e. The number of fused-ring (bicyclic) bond motifs is 2. The Kier molecular flexibility index (Phi) is 5.02. The maximum absolute atomic E-state index is 13.6. The number of nitrogens with one attached hydrogen (secondary N) is 1. The first-order chi connectivity index (χ1) is 15.7. The lowest BCUT2D eigenvalue weighted by Crippen LogP contribution is -2.25. The van der Waals surface area contributed by atoms with Crippen molar-refractivity contribution in [1.82, 2.24) is 9.78 Å². The van der Waals surface area contributed by atoms with Crippen LogP contribution in [0.25, 0.3) is 5.69 Å². The first-order valence-corrected chi connectivity index (χ1v) is 10.4. The van der Waals surface area contributed by atoms with Crippen molar-refractivity contribution < 1.29 is 31.8 Å². The zero-order valence-electron chi connectivity index (χ0n) is 17.4. The molecule has 1 amide bonds. The fourth-order valence-electron chi connectivity index (χ4n) is 4.35. The van der Waals surface area contributed by atoms with Gasteiger partial charge in [0.05, 0.1) is 11.4 Å². The highest BCUT2D eigenvalue weighted by Gasteiger charge is 2.43.